The van der Waals surface area contributed by atoms with Crippen LogP contribution in [0, 0.1) is 0 Å². The summed E-state index contributed by atoms with van der Waals surface area (Å²) in [5.74, 6) is 0.165. The Kier molecular flexibility index (Phi) is 4.05. The first-order valence-electron chi connectivity index (χ1n) is 6.88. The van der Waals surface area contributed by atoms with Crippen LogP contribution in [-0.2, 0) is 5.60 Å². The predicted octanol–water partition coefficient (Wildman–Crippen LogP) is 3.75. The molecular formula is C16H15ClIN3O. The van der Waals surface area contributed by atoms with E-state index in [4.69, 9.17) is 17.3 Å². The van der Waals surface area contributed by atoms with Gasteiger partial charge in [-0.3, -0.25) is 0 Å². The van der Waals surface area contributed by atoms with Crippen LogP contribution in [0.2, 0.25) is 5.02 Å². The zero-order chi connectivity index (χ0) is 15.9. The molecule has 3 N–H and O–H groups in total. The Hall–Kier alpha value is -1.31. The maximum absolute atomic E-state index is 11.4. The van der Waals surface area contributed by atoms with Gasteiger partial charge < -0.3 is 14.0 Å². The normalized spacial score (nSPS) is 19.7. The number of para-hydroxylation sites is 1. The molecule has 2 aromatic rings. The molecule has 22 heavy (non-hydrogen) atoms. The Labute approximate surface area is 148 Å². The molecule has 3 rings (SSSR count). The van der Waals surface area contributed by atoms with Crippen LogP contribution in [0.3, 0.4) is 0 Å². The fraction of sp³-hybridized carbons (Fsp3) is 0.188. The Morgan fingerprint density at radius 1 is 1.27 bits per heavy atom. The Bertz CT molecular complexity index is 765. The molecule has 0 aliphatic carbocycles. The first kappa shape index (κ1) is 15.6. The number of amidine groups is 1. The van der Waals surface area contributed by atoms with E-state index in [-0.39, 0.29) is 5.84 Å². The molecule has 1 unspecified atom stereocenters. The number of hydrogen-bond donors (Lipinski definition) is 2. The lowest BCUT2D eigenvalue weighted by Crippen LogP contribution is -2.40. The minimum Gasteiger partial charge on any atom is -0.384 e. The van der Waals surface area contributed by atoms with Crippen molar-refractivity contribution in [3.63, 3.8) is 0 Å². The van der Waals surface area contributed by atoms with E-state index in [1.807, 2.05) is 34.3 Å². The molecule has 0 fully saturated rings. The number of nitrogens with zero attached hydrogens (tertiary/aromatic N) is 2. The molecule has 0 bridgehead atoms. The van der Waals surface area contributed by atoms with Crippen LogP contribution in [0.25, 0.3) is 0 Å². The number of rotatable bonds is 3. The summed E-state index contributed by atoms with van der Waals surface area (Å²) < 4.78 is 2.03. The zero-order valence-electron chi connectivity index (χ0n) is 11.9. The predicted molar refractivity (Wildman–Crippen MR) is 99.2 cm³/mol. The van der Waals surface area contributed by atoms with Crippen LogP contribution >= 0.6 is 34.5 Å². The molecule has 0 saturated heterocycles. The molecule has 6 heteroatoms. The number of halogens is 2. The van der Waals surface area contributed by atoms with Crippen molar-refractivity contribution in [2.45, 2.75) is 12.5 Å². The van der Waals surface area contributed by atoms with Crippen LogP contribution < -0.4 is 8.85 Å². The van der Waals surface area contributed by atoms with Gasteiger partial charge >= 0.3 is 0 Å². The number of aliphatic hydroxyl groups is 1. The molecule has 0 amide bonds. The third-order valence-electron chi connectivity index (χ3n) is 3.79. The van der Waals surface area contributed by atoms with Crippen LogP contribution in [0.1, 0.15) is 18.1 Å². The second-order valence-corrected chi connectivity index (χ2v) is 6.67. The summed E-state index contributed by atoms with van der Waals surface area (Å²) in [4.78, 5) is 4.31. The summed E-state index contributed by atoms with van der Waals surface area (Å²) in [6, 6.07) is 12.9. The SMILES string of the molecule is CCN(I)c1ccccc1C1(O)C(N)=Nc2ccc(Cl)cc21. The van der Waals surface area contributed by atoms with Gasteiger partial charge in [-0.1, -0.05) is 29.8 Å². The van der Waals surface area contributed by atoms with Crippen molar-refractivity contribution in [2.24, 2.45) is 10.7 Å². The van der Waals surface area contributed by atoms with Gasteiger partial charge in [-0.15, -0.1) is 0 Å². The van der Waals surface area contributed by atoms with Crippen molar-refractivity contribution in [1.82, 2.24) is 0 Å². The lowest BCUT2D eigenvalue weighted by molar-refractivity contribution is 0.159. The summed E-state index contributed by atoms with van der Waals surface area (Å²) in [5, 5.41) is 11.9. The van der Waals surface area contributed by atoms with E-state index in [1.165, 1.54) is 0 Å². The molecular weight excluding hydrogens is 413 g/mol. The average Bonchev–Trinajstić information content (AvgIpc) is 2.79. The van der Waals surface area contributed by atoms with Crippen molar-refractivity contribution >= 4 is 51.7 Å². The summed E-state index contributed by atoms with van der Waals surface area (Å²) in [6.07, 6.45) is 0. The highest BCUT2D eigenvalue weighted by Crippen LogP contribution is 2.45. The molecule has 1 aliphatic heterocycles. The first-order valence-corrected chi connectivity index (χ1v) is 8.22. The molecule has 1 aliphatic rings. The average molecular weight is 428 g/mol. The molecule has 114 valence electrons. The Balaban J connectivity index is 2.25. The van der Waals surface area contributed by atoms with E-state index in [9.17, 15) is 5.11 Å². The van der Waals surface area contributed by atoms with Crippen molar-refractivity contribution in [1.29, 1.82) is 0 Å². The number of benzene rings is 2. The van der Waals surface area contributed by atoms with Gasteiger partial charge in [0.1, 0.15) is 5.84 Å². The van der Waals surface area contributed by atoms with Gasteiger partial charge in [-0.25, -0.2) is 4.99 Å². The van der Waals surface area contributed by atoms with E-state index >= 15 is 0 Å². The molecule has 1 heterocycles. The third kappa shape index (κ3) is 2.28. The second kappa shape index (κ2) is 5.72. The number of nitrogens with two attached hydrogens (primary N) is 1. The van der Waals surface area contributed by atoms with E-state index in [0.29, 0.717) is 21.8 Å². The molecule has 4 nitrogen and oxygen atoms in total. The monoisotopic (exact) mass is 427 g/mol. The molecule has 0 radical (unpaired) electrons. The van der Waals surface area contributed by atoms with Crippen molar-refractivity contribution in [3.8, 4) is 0 Å². The Morgan fingerprint density at radius 3 is 2.73 bits per heavy atom. The smallest absolute Gasteiger partial charge is 0.176 e. The van der Waals surface area contributed by atoms with Gasteiger partial charge in [0, 0.05) is 22.7 Å². The largest absolute Gasteiger partial charge is 0.384 e. The molecule has 0 aromatic heterocycles. The van der Waals surface area contributed by atoms with Crippen LogP contribution in [-0.4, -0.2) is 17.5 Å². The lowest BCUT2D eigenvalue weighted by atomic mass is 9.85. The quantitative estimate of drug-likeness (QED) is 0.579. The fourth-order valence-corrected chi connectivity index (χ4v) is 3.28. The van der Waals surface area contributed by atoms with Crippen molar-refractivity contribution in [2.75, 3.05) is 9.66 Å². The maximum Gasteiger partial charge on any atom is 0.176 e. The van der Waals surface area contributed by atoms with E-state index in [1.54, 1.807) is 18.2 Å². The summed E-state index contributed by atoms with van der Waals surface area (Å²) in [7, 11) is 0. The van der Waals surface area contributed by atoms with Crippen LogP contribution in [0.4, 0.5) is 11.4 Å². The zero-order valence-corrected chi connectivity index (χ0v) is 14.8. The lowest BCUT2D eigenvalue weighted by Gasteiger charge is -2.29. The molecule has 1 atom stereocenters. The van der Waals surface area contributed by atoms with Gasteiger partial charge in [0.25, 0.3) is 0 Å². The van der Waals surface area contributed by atoms with Gasteiger partial charge in [-0.2, -0.15) is 0 Å². The number of hydrogen-bond acceptors (Lipinski definition) is 4. The summed E-state index contributed by atoms with van der Waals surface area (Å²) >= 11 is 8.32. The van der Waals surface area contributed by atoms with Crippen molar-refractivity contribution in [3.05, 3.63) is 58.6 Å². The topological polar surface area (TPSA) is 61.8 Å². The van der Waals surface area contributed by atoms with Gasteiger partial charge in [0.05, 0.1) is 34.2 Å². The summed E-state index contributed by atoms with van der Waals surface area (Å²) in [6.45, 7) is 2.84. The van der Waals surface area contributed by atoms with Crippen molar-refractivity contribution < 1.29 is 5.11 Å². The van der Waals surface area contributed by atoms with E-state index < -0.39 is 5.60 Å². The highest BCUT2D eigenvalue weighted by molar-refractivity contribution is 14.1. The van der Waals surface area contributed by atoms with Gasteiger partial charge in [0.15, 0.2) is 5.60 Å². The highest BCUT2D eigenvalue weighted by atomic mass is 127. The number of aliphatic imine (C=N–C) groups is 1. The molecule has 0 spiro atoms. The minimum absolute atomic E-state index is 0.165. The molecule has 2 aromatic carbocycles. The fourth-order valence-electron chi connectivity index (χ4n) is 2.69. The van der Waals surface area contributed by atoms with Gasteiger partial charge in [-0.05, 0) is 31.2 Å². The van der Waals surface area contributed by atoms with E-state index in [2.05, 4.69) is 27.9 Å². The van der Waals surface area contributed by atoms with Crippen LogP contribution in [0.5, 0.6) is 0 Å². The summed E-state index contributed by atoms with van der Waals surface area (Å²) in [5.41, 5.74) is 7.50. The highest BCUT2D eigenvalue weighted by Gasteiger charge is 2.44. The standard InChI is InChI=1S/C16H15ClIN3O/c1-2-21(18)14-6-4-3-5-11(14)16(22)12-9-10(17)7-8-13(12)20-15(16)19/h3-9,22H,2H2,1H3,(H2,19,20). The number of anilines is 1. The molecule has 0 saturated carbocycles. The first-order chi connectivity index (χ1) is 10.5. The maximum atomic E-state index is 11.4. The van der Waals surface area contributed by atoms with Crippen LogP contribution in [0.15, 0.2) is 47.5 Å². The van der Waals surface area contributed by atoms with E-state index in [0.717, 1.165) is 12.2 Å². The number of fused-ring (bicyclic) bond motifs is 1. The second-order valence-electron chi connectivity index (χ2n) is 5.06. The van der Waals surface area contributed by atoms with Gasteiger partial charge in [0.2, 0.25) is 0 Å². The minimum atomic E-state index is -1.46. The third-order valence-corrected chi connectivity index (χ3v) is 5.23. The Morgan fingerprint density at radius 2 is 2.00 bits per heavy atom.